The fourth-order valence-electron chi connectivity index (χ4n) is 2.50. The minimum Gasteiger partial charge on any atom is -0.279 e. The lowest BCUT2D eigenvalue weighted by molar-refractivity contribution is 0.601. The van der Waals surface area contributed by atoms with Crippen LogP contribution in [0.1, 0.15) is 24.5 Å². The van der Waals surface area contributed by atoms with E-state index >= 15 is 0 Å². The predicted octanol–water partition coefficient (Wildman–Crippen LogP) is 3.83. The van der Waals surface area contributed by atoms with Crippen molar-refractivity contribution in [1.29, 1.82) is 0 Å². The second-order valence-electron chi connectivity index (χ2n) is 5.42. The maximum absolute atomic E-state index is 12.6. The minimum atomic E-state index is -3.58. The first kappa shape index (κ1) is 14.8. The molecule has 0 bridgehead atoms. The predicted molar refractivity (Wildman–Crippen MR) is 89.5 cm³/mol. The van der Waals surface area contributed by atoms with Crippen LogP contribution in [-0.4, -0.2) is 14.1 Å². The molecule has 1 heterocycles. The minimum absolute atomic E-state index is 0.280. The molecule has 0 spiro atoms. The number of hydrogen-bond donors (Lipinski definition) is 1. The first-order valence-electron chi connectivity index (χ1n) is 7.27. The van der Waals surface area contributed by atoms with Gasteiger partial charge in [0.25, 0.3) is 10.0 Å². The molecule has 2 aromatic carbocycles. The maximum Gasteiger partial charge on any atom is 0.261 e. The van der Waals surface area contributed by atoms with E-state index in [2.05, 4.69) is 16.6 Å². The Bertz CT molecular complexity index is 855. The van der Waals surface area contributed by atoms with Crippen LogP contribution < -0.4 is 4.72 Å². The van der Waals surface area contributed by atoms with Gasteiger partial charge in [-0.3, -0.25) is 9.71 Å². The van der Waals surface area contributed by atoms with Crippen LogP contribution in [0.15, 0.2) is 52.4 Å². The molecule has 0 fully saturated rings. The third-order valence-electron chi connectivity index (χ3n) is 3.83. The van der Waals surface area contributed by atoms with Gasteiger partial charge in [0.2, 0.25) is 0 Å². The van der Waals surface area contributed by atoms with Crippen molar-refractivity contribution in [3.05, 3.63) is 53.6 Å². The SMILES string of the molecule is CCC1=Nc2ccc(S(=O)(=O)Nc3ccccc3C)cc2C1. The van der Waals surface area contributed by atoms with E-state index in [9.17, 15) is 8.42 Å². The van der Waals surface area contributed by atoms with E-state index in [-0.39, 0.29) is 4.90 Å². The first-order valence-corrected chi connectivity index (χ1v) is 8.76. The smallest absolute Gasteiger partial charge is 0.261 e. The van der Waals surface area contributed by atoms with Crippen LogP contribution in [-0.2, 0) is 16.4 Å². The van der Waals surface area contributed by atoms with Gasteiger partial charge in [0.15, 0.2) is 0 Å². The second-order valence-corrected chi connectivity index (χ2v) is 7.10. The highest BCUT2D eigenvalue weighted by Crippen LogP contribution is 2.30. The second kappa shape index (κ2) is 5.57. The molecule has 1 aliphatic rings. The van der Waals surface area contributed by atoms with Gasteiger partial charge in [0, 0.05) is 12.1 Å². The Hall–Kier alpha value is -2.14. The van der Waals surface area contributed by atoms with Crippen LogP contribution in [0.2, 0.25) is 0 Å². The molecule has 0 saturated heterocycles. The van der Waals surface area contributed by atoms with Gasteiger partial charge in [0.1, 0.15) is 0 Å². The number of anilines is 1. The Labute approximate surface area is 131 Å². The molecule has 5 heteroatoms. The van der Waals surface area contributed by atoms with Crippen molar-refractivity contribution < 1.29 is 8.42 Å². The molecule has 0 aromatic heterocycles. The molecule has 114 valence electrons. The molecule has 0 atom stereocenters. The van der Waals surface area contributed by atoms with E-state index in [0.29, 0.717) is 5.69 Å². The van der Waals surface area contributed by atoms with Crippen molar-refractivity contribution in [2.24, 2.45) is 4.99 Å². The summed E-state index contributed by atoms with van der Waals surface area (Å²) in [5.41, 5.74) is 4.45. The van der Waals surface area contributed by atoms with Crippen LogP contribution in [0.4, 0.5) is 11.4 Å². The summed E-state index contributed by atoms with van der Waals surface area (Å²) in [6.07, 6.45) is 1.62. The normalized spacial score (nSPS) is 13.6. The van der Waals surface area contributed by atoms with Crippen molar-refractivity contribution >= 4 is 27.1 Å². The van der Waals surface area contributed by atoms with Gasteiger partial charge in [-0.15, -0.1) is 0 Å². The highest BCUT2D eigenvalue weighted by Gasteiger charge is 2.20. The monoisotopic (exact) mass is 314 g/mol. The number of hydrogen-bond acceptors (Lipinski definition) is 3. The number of nitrogens with one attached hydrogen (secondary N) is 1. The third-order valence-corrected chi connectivity index (χ3v) is 5.20. The van der Waals surface area contributed by atoms with Gasteiger partial charge in [-0.2, -0.15) is 0 Å². The summed E-state index contributed by atoms with van der Waals surface area (Å²) in [5, 5.41) is 0. The van der Waals surface area contributed by atoms with E-state index in [1.165, 1.54) is 0 Å². The standard InChI is InChI=1S/C17H18N2O2S/c1-3-14-10-13-11-15(8-9-17(13)18-14)22(20,21)19-16-7-5-4-6-12(16)2/h4-9,11,19H,3,10H2,1-2H3. The van der Waals surface area contributed by atoms with Crippen LogP contribution >= 0.6 is 0 Å². The Balaban J connectivity index is 1.91. The maximum atomic E-state index is 12.6. The quantitative estimate of drug-likeness (QED) is 0.932. The molecule has 0 radical (unpaired) electrons. The molecular weight excluding hydrogens is 296 g/mol. The number of nitrogens with zero attached hydrogens (tertiary/aromatic N) is 1. The number of benzene rings is 2. The summed E-state index contributed by atoms with van der Waals surface area (Å²) < 4.78 is 27.8. The van der Waals surface area contributed by atoms with Crippen molar-refractivity contribution in [3.8, 4) is 0 Å². The Morgan fingerprint density at radius 3 is 2.68 bits per heavy atom. The molecule has 1 aliphatic heterocycles. The summed E-state index contributed by atoms with van der Waals surface area (Å²) in [4.78, 5) is 4.77. The molecule has 0 saturated carbocycles. The number of fused-ring (bicyclic) bond motifs is 1. The number of para-hydroxylation sites is 1. The fraction of sp³-hybridized carbons (Fsp3) is 0.235. The highest BCUT2D eigenvalue weighted by molar-refractivity contribution is 7.92. The molecule has 4 nitrogen and oxygen atoms in total. The average Bonchev–Trinajstić information content (AvgIpc) is 2.91. The summed E-state index contributed by atoms with van der Waals surface area (Å²) in [6, 6.07) is 12.5. The molecule has 0 aliphatic carbocycles. The number of aryl methyl sites for hydroxylation is 1. The Morgan fingerprint density at radius 1 is 1.18 bits per heavy atom. The summed E-state index contributed by atoms with van der Waals surface area (Å²) in [5.74, 6) is 0. The molecule has 0 amide bonds. The zero-order chi connectivity index (χ0) is 15.7. The van der Waals surface area contributed by atoms with Gasteiger partial charge >= 0.3 is 0 Å². The van der Waals surface area contributed by atoms with Gasteiger partial charge in [0.05, 0.1) is 16.3 Å². The lowest BCUT2D eigenvalue weighted by atomic mass is 10.1. The average molecular weight is 314 g/mol. The zero-order valence-corrected chi connectivity index (χ0v) is 13.4. The van der Waals surface area contributed by atoms with Crippen molar-refractivity contribution in [1.82, 2.24) is 0 Å². The van der Waals surface area contributed by atoms with Crippen LogP contribution in [0.3, 0.4) is 0 Å². The summed E-state index contributed by atoms with van der Waals surface area (Å²) in [7, 11) is -3.58. The lowest BCUT2D eigenvalue weighted by Crippen LogP contribution is -2.14. The van der Waals surface area contributed by atoms with Crippen molar-refractivity contribution in [2.45, 2.75) is 31.6 Å². The van der Waals surface area contributed by atoms with E-state index in [0.717, 1.165) is 35.4 Å². The van der Waals surface area contributed by atoms with E-state index in [1.54, 1.807) is 24.3 Å². The largest absolute Gasteiger partial charge is 0.279 e. The van der Waals surface area contributed by atoms with Crippen molar-refractivity contribution in [3.63, 3.8) is 0 Å². The molecule has 0 unspecified atom stereocenters. The number of sulfonamides is 1. The molecule has 1 N–H and O–H groups in total. The molecule has 3 rings (SSSR count). The van der Waals surface area contributed by atoms with E-state index in [1.807, 2.05) is 25.1 Å². The van der Waals surface area contributed by atoms with Gasteiger partial charge in [-0.05, 0) is 48.7 Å². The first-order chi connectivity index (χ1) is 10.5. The molecular formula is C17H18N2O2S. The lowest BCUT2D eigenvalue weighted by Gasteiger charge is -2.11. The topological polar surface area (TPSA) is 58.5 Å². The Morgan fingerprint density at radius 2 is 1.95 bits per heavy atom. The van der Waals surface area contributed by atoms with Gasteiger partial charge in [-0.25, -0.2) is 8.42 Å². The third kappa shape index (κ3) is 2.76. The van der Waals surface area contributed by atoms with Gasteiger partial charge in [-0.1, -0.05) is 25.1 Å². The van der Waals surface area contributed by atoms with E-state index in [4.69, 9.17) is 0 Å². The number of aliphatic imine (C=N–C) groups is 1. The summed E-state index contributed by atoms with van der Waals surface area (Å²) in [6.45, 7) is 3.93. The van der Waals surface area contributed by atoms with E-state index < -0.39 is 10.0 Å². The summed E-state index contributed by atoms with van der Waals surface area (Å²) >= 11 is 0. The van der Waals surface area contributed by atoms with Gasteiger partial charge < -0.3 is 0 Å². The van der Waals surface area contributed by atoms with Crippen LogP contribution in [0, 0.1) is 6.92 Å². The van der Waals surface area contributed by atoms with Crippen molar-refractivity contribution in [2.75, 3.05) is 4.72 Å². The zero-order valence-electron chi connectivity index (χ0n) is 12.6. The number of rotatable bonds is 4. The highest BCUT2D eigenvalue weighted by atomic mass is 32.2. The van der Waals surface area contributed by atoms with Crippen LogP contribution in [0.25, 0.3) is 0 Å². The molecule has 22 heavy (non-hydrogen) atoms. The van der Waals surface area contributed by atoms with Crippen LogP contribution in [0.5, 0.6) is 0 Å². The Kier molecular flexibility index (Phi) is 3.74. The molecule has 2 aromatic rings. The fourth-order valence-corrected chi connectivity index (χ4v) is 3.69.